The quantitative estimate of drug-likeness (QED) is 0.0226. The summed E-state index contributed by atoms with van der Waals surface area (Å²) < 4.78 is 22.7. The third kappa shape index (κ3) is 33.5. The molecule has 2 N–H and O–H groups in total. The number of unbranched alkanes of at least 4 members (excludes halogenated alkanes) is 23. The van der Waals surface area contributed by atoms with Crippen LogP contribution in [0.25, 0.3) is 0 Å². The third-order valence-electron chi connectivity index (χ3n) is 8.59. The predicted molar refractivity (Wildman–Crippen MR) is 196 cm³/mol. The van der Waals surface area contributed by atoms with E-state index in [1.54, 1.807) is 6.08 Å². The number of allylic oxidation sites excluding steroid dienone is 1. The minimum Gasteiger partial charge on any atom is -0.756 e. The lowest BCUT2D eigenvalue weighted by Crippen LogP contribution is -2.46. The van der Waals surface area contributed by atoms with Crippen molar-refractivity contribution in [3.05, 3.63) is 12.2 Å². The first-order chi connectivity index (χ1) is 22.5. The van der Waals surface area contributed by atoms with Gasteiger partial charge in [0.25, 0.3) is 7.82 Å². The summed E-state index contributed by atoms with van der Waals surface area (Å²) in [6.07, 6.45) is 33.8. The Kier molecular flexibility index (Phi) is 30.7. The molecule has 0 aromatic carbocycles. The molecule has 8 nitrogen and oxygen atoms in total. The van der Waals surface area contributed by atoms with E-state index >= 15 is 0 Å². The van der Waals surface area contributed by atoms with E-state index < -0.39 is 20.0 Å². The van der Waals surface area contributed by atoms with Gasteiger partial charge in [-0.05, 0) is 19.3 Å². The van der Waals surface area contributed by atoms with E-state index in [2.05, 4.69) is 19.2 Å². The Morgan fingerprint density at radius 3 is 1.53 bits per heavy atom. The van der Waals surface area contributed by atoms with E-state index in [0.717, 1.165) is 38.5 Å². The van der Waals surface area contributed by atoms with Crippen LogP contribution >= 0.6 is 7.82 Å². The number of hydrogen-bond acceptors (Lipinski definition) is 6. The first-order valence-corrected chi connectivity index (χ1v) is 21.0. The van der Waals surface area contributed by atoms with Crippen LogP contribution in [0.2, 0.25) is 0 Å². The molecule has 0 aromatic rings. The number of quaternary nitrogens is 1. The Morgan fingerprint density at radius 2 is 1.11 bits per heavy atom. The Balaban J connectivity index is 4.46. The molecule has 0 aliphatic carbocycles. The molecule has 0 aromatic heterocycles. The second-order valence-electron chi connectivity index (χ2n) is 14.7. The molecule has 0 aliphatic rings. The van der Waals surface area contributed by atoms with Crippen LogP contribution in [0.5, 0.6) is 0 Å². The number of aliphatic hydroxyl groups excluding tert-OH is 1. The van der Waals surface area contributed by atoms with Crippen LogP contribution in [0.1, 0.15) is 181 Å². The van der Waals surface area contributed by atoms with E-state index in [4.69, 9.17) is 9.05 Å². The molecule has 0 radical (unpaired) electrons. The fraction of sp³-hybridized carbons (Fsp3) is 0.921. The number of amides is 1. The predicted octanol–water partition coefficient (Wildman–Crippen LogP) is 9.74. The fourth-order valence-corrected chi connectivity index (χ4v) is 6.46. The Hall–Kier alpha value is -0.760. The average Bonchev–Trinajstić information content (AvgIpc) is 3.02. The summed E-state index contributed by atoms with van der Waals surface area (Å²) in [5, 5.41) is 13.7. The van der Waals surface area contributed by atoms with Crippen molar-refractivity contribution in [1.29, 1.82) is 0 Å². The lowest BCUT2D eigenvalue weighted by Gasteiger charge is -2.30. The highest BCUT2D eigenvalue weighted by atomic mass is 31.2. The monoisotopic (exact) mass is 689 g/mol. The van der Waals surface area contributed by atoms with Crippen LogP contribution in [0.4, 0.5) is 0 Å². The highest BCUT2D eigenvalue weighted by molar-refractivity contribution is 7.45. The van der Waals surface area contributed by atoms with Gasteiger partial charge in [0, 0.05) is 6.42 Å². The number of rotatable bonds is 35. The van der Waals surface area contributed by atoms with Gasteiger partial charge in [0.2, 0.25) is 5.91 Å². The Morgan fingerprint density at radius 1 is 0.702 bits per heavy atom. The number of nitrogens with zero attached hydrogens (tertiary/aromatic N) is 1. The molecule has 0 spiro atoms. The molecule has 1 unspecified atom stereocenters. The zero-order valence-electron chi connectivity index (χ0n) is 31.5. The number of hydrogen-bond donors (Lipinski definition) is 2. The van der Waals surface area contributed by atoms with E-state index in [0.29, 0.717) is 10.9 Å². The summed E-state index contributed by atoms with van der Waals surface area (Å²) in [6, 6.07) is -0.881. The van der Waals surface area contributed by atoms with Gasteiger partial charge in [0.1, 0.15) is 0 Å². The van der Waals surface area contributed by atoms with E-state index in [1.807, 2.05) is 27.2 Å². The maximum Gasteiger partial charge on any atom is 0.272 e. The van der Waals surface area contributed by atoms with Gasteiger partial charge in [-0.2, -0.15) is 0 Å². The van der Waals surface area contributed by atoms with Gasteiger partial charge in [-0.1, -0.05) is 167 Å². The summed E-state index contributed by atoms with van der Waals surface area (Å²) in [5.41, 5.74) is 0. The molecule has 0 saturated heterocycles. The van der Waals surface area contributed by atoms with Crippen molar-refractivity contribution in [3.63, 3.8) is 0 Å². The molecule has 0 saturated carbocycles. The highest BCUT2D eigenvalue weighted by Crippen LogP contribution is 2.38. The zero-order chi connectivity index (χ0) is 35.1. The lowest BCUT2D eigenvalue weighted by molar-refractivity contribution is -0.887. The molecule has 1 amide bonds. The summed E-state index contributed by atoms with van der Waals surface area (Å²) in [7, 11) is 0.838. The second kappa shape index (κ2) is 31.2. The number of aliphatic hydroxyl groups is 1. The van der Waals surface area contributed by atoms with Gasteiger partial charge < -0.3 is 24.3 Å². The highest BCUT2D eigenvalue weighted by Gasteiger charge is 2.23. The molecule has 0 heterocycles. The molecule has 280 valence electrons. The van der Waals surface area contributed by atoms with Crippen LogP contribution in [-0.4, -0.2) is 62.1 Å². The summed E-state index contributed by atoms with van der Waals surface area (Å²) in [4.78, 5) is 25.1. The standard InChI is InChI=1S/C38H77N2O6P/c1-6-8-10-12-14-16-18-20-22-24-26-28-30-32-37(41)36(34-45-47(43,44)46-35-40(3,4)5)39-38(42)33-31-29-27-25-23-21-19-17-15-13-11-9-7-2/h30,32,36-37,41H,6-29,31,33-35H2,1-5H3,(H-,39,42,43,44)/b32-30+/t36-,37+/m0/s1. The minimum atomic E-state index is -4.59. The van der Waals surface area contributed by atoms with Gasteiger partial charge in [-0.15, -0.1) is 0 Å². The molecular weight excluding hydrogens is 611 g/mol. The van der Waals surface area contributed by atoms with Crippen LogP contribution in [0.15, 0.2) is 12.2 Å². The van der Waals surface area contributed by atoms with Crippen LogP contribution in [-0.2, 0) is 18.4 Å². The molecule has 0 aliphatic heterocycles. The van der Waals surface area contributed by atoms with Crippen molar-refractivity contribution in [2.45, 2.75) is 193 Å². The molecule has 0 fully saturated rings. The largest absolute Gasteiger partial charge is 0.756 e. The maximum absolute atomic E-state index is 12.7. The number of phosphoric ester groups is 1. The first-order valence-electron chi connectivity index (χ1n) is 19.6. The van der Waals surface area contributed by atoms with E-state index in [1.165, 1.54) is 122 Å². The van der Waals surface area contributed by atoms with Crippen molar-refractivity contribution in [2.24, 2.45) is 0 Å². The molecule has 9 heteroatoms. The average molecular weight is 689 g/mol. The Bertz CT molecular complexity index is 789. The first kappa shape index (κ1) is 46.2. The third-order valence-corrected chi connectivity index (χ3v) is 9.49. The van der Waals surface area contributed by atoms with Gasteiger partial charge in [0.15, 0.2) is 6.73 Å². The SMILES string of the molecule is CCCCCCCCCCCCC/C=C/[C@@H](O)[C@H](COP(=O)([O-])OC[N+](C)(C)C)NC(=O)CCCCCCCCCCCCCCC. The molecule has 47 heavy (non-hydrogen) atoms. The van der Waals surface area contributed by atoms with E-state index in [9.17, 15) is 19.4 Å². The number of phosphoric acid groups is 1. The van der Waals surface area contributed by atoms with Crippen molar-refractivity contribution < 1.29 is 32.9 Å². The van der Waals surface area contributed by atoms with Crippen molar-refractivity contribution in [1.82, 2.24) is 5.32 Å². The smallest absolute Gasteiger partial charge is 0.272 e. The molecular formula is C38H77N2O6P. The second-order valence-corrected chi connectivity index (χ2v) is 16.1. The molecule has 0 bridgehead atoms. The van der Waals surface area contributed by atoms with Crippen molar-refractivity contribution in [3.8, 4) is 0 Å². The van der Waals surface area contributed by atoms with Crippen LogP contribution in [0.3, 0.4) is 0 Å². The van der Waals surface area contributed by atoms with Gasteiger partial charge in [-0.3, -0.25) is 13.9 Å². The molecule has 0 rings (SSSR count). The van der Waals surface area contributed by atoms with Crippen molar-refractivity contribution >= 4 is 13.7 Å². The summed E-state index contributed by atoms with van der Waals surface area (Å²) in [5.74, 6) is -0.201. The summed E-state index contributed by atoms with van der Waals surface area (Å²) >= 11 is 0. The number of nitrogens with one attached hydrogen (secondary N) is 1. The van der Waals surface area contributed by atoms with Crippen LogP contribution in [0, 0.1) is 0 Å². The van der Waals surface area contributed by atoms with Crippen molar-refractivity contribution in [2.75, 3.05) is 34.5 Å². The van der Waals surface area contributed by atoms with Gasteiger partial charge in [0.05, 0.1) is 39.9 Å². The van der Waals surface area contributed by atoms with E-state index in [-0.39, 0.29) is 19.2 Å². The zero-order valence-corrected chi connectivity index (χ0v) is 32.4. The van der Waals surface area contributed by atoms with Gasteiger partial charge >= 0.3 is 0 Å². The Labute approximate surface area is 291 Å². The normalized spacial score (nSPS) is 14.8. The topological polar surface area (TPSA) is 108 Å². The van der Waals surface area contributed by atoms with Gasteiger partial charge in [-0.25, -0.2) is 0 Å². The van der Waals surface area contributed by atoms with Crippen LogP contribution < -0.4 is 10.2 Å². The minimum absolute atomic E-state index is 0.0712. The number of carbonyl (C=O) groups is 1. The lowest BCUT2D eigenvalue weighted by atomic mass is 10.0. The number of carbonyl (C=O) groups excluding carboxylic acids is 1. The molecule has 3 atom stereocenters. The fourth-order valence-electron chi connectivity index (χ4n) is 5.56. The summed E-state index contributed by atoms with van der Waals surface area (Å²) in [6.45, 7) is 4.05. The maximum atomic E-state index is 12.7.